The van der Waals surface area contributed by atoms with Crippen LogP contribution in [0.3, 0.4) is 0 Å². The van der Waals surface area contributed by atoms with Gasteiger partial charge < -0.3 is 4.74 Å². The molecule has 10 heteroatoms. The molecule has 1 saturated heterocycles. The molecule has 0 spiro atoms. The first-order chi connectivity index (χ1) is 15.1. The van der Waals surface area contributed by atoms with E-state index in [2.05, 4.69) is 20.7 Å². The molecule has 170 valence electrons. The predicted octanol–water partition coefficient (Wildman–Crippen LogP) is 3.36. The van der Waals surface area contributed by atoms with E-state index in [1.54, 1.807) is 19.1 Å². The Morgan fingerprint density at radius 2 is 1.75 bits per heavy atom. The van der Waals surface area contributed by atoms with Gasteiger partial charge in [-0.1, -0.05) is 22.9 Å². The Morgan fingerprint density at radius 1 is 1.16 bits per heavy atom. The third-order valence-electron chi connectivity index (χ3n) is 5.39. The molecule has 2 unspecified atom stereocenters. The predicted molar refractivity (Wildman–Crippen MR) is 122 cm³/mol. The molecule has 1 fully saturated rings. The smallest absolute Gasteiger partial charge is 0.337 e. The third kappa shape index (κ3) is 4.48. The molecule has 2 aromatic rings. The van der Waals surface area contributed by atoms with E-state index in [-0.39, 0.29) is 22.6 Å². The Morgan fingerprint density at radius 3 is 2.28 bits per heavy atom. The van der Waals surface area contributed by atoms with Gasteiger partial charge in [-0.2, -0.15) is 4.31 Å². The molecule has 0 aliphatic carbocycles. The van der Waals surface area contributed by atoms with Crippen molar-refractivity contribution in [1.82, 2.24) is 4.31 Å². The number of methoxy groups -OCH3 is 1. The van der Waals surface area contributed by atoms with Crippen LogP contribution in [-0.2, 0) is 24.3 Å². The van der Waals surface area contributed by atoms with Gasteiger partial charge in [0.2, 0.25) is 15.9 Å². The number of hydrogen-bond donors (Lipinski definition) is 0. The van der Waals surface area contributed by atoms with Crippen LogP contribution in [-0.4, -0.2) is 49.7 Å². The Labute approximate surface area is 195 Å². The standard InChI is InChI=1S/C22H23BrN2O6S/c1-4-14(2)25(32(29,30)18-11-7-16(23)8-12-18)19-13-20(26)24(21(19)27)17-9-5-15(6-10-17)22(28)31-3/h5-12,14,19H,4,13H2,1-3H3. The van der Waals surface area contributed by atoms with Crippen LogP contribution in [0.5, 0.6) is 0 Å². The number of sulfonamides is 1. The van der Waals surface area contributed by atoms with Crippen molar-refractivity contribution in [3.05, 3.63) is 58.6 Å². The lowest BCUT2D eigenvalue weighted by Gasteiger charge is -2.31. The van der Waals surface area contributed by atoms with E-state index >= 15 is 0 Å². The molecule has 1 aliphatic heterocycles. The van der Waals surface area contributed by atoms with E-state index in [1.165, 1.54) is 43.5 Å². The number of imide groups is 1. The fourth-order valence-electron chi connectivity index (χ4n) is 3.57. The van der Waals surface area contributed by atoms with Crippen molar-refractivity contribution in [2.24, 2.45) is 0 Å². The molecule has 0 N–H and O–H groups in total. The summed E-state index contributed by atoms with van der Waals surface area (Å²) in [7, 11) is -2.79. The molecule has 0 saturated carbocycles. The highest BCUT2D eigenvalue weighted by atomic mass is 79.9. The quantitative estimate of drug-likeness (QED) is 0.408. The number of ether oxygens (including phenoxy) is 1. The zero-order valence-corrected chi connectivity index (χ0v) is 20.2. The number of anilines is 1. The van der Waals surface area contributed by atoms with Crippen LogP contribution in [0, 0.1) is 0 Å². The fourth-order valence-corrected chi connectivity index (χ4v) is 5.68. The monoisotopic (exact) mass is 522 g/mol. The van der Waals surface area contributed by atoms with Gasteiger partial charge >= 0.3 is 5.97 Å². The second-order valence-electron chi connectivity index (χ2n) is 7.37. The molecule has 1 aliphatic rings. The Kier molecular flexibility index (Phi) is 7.16. The largest absolute Gasteiger partial charge is 0.465 e. The van der Waals surface area contributed by atoms with E-state index in [0.29, 0.717) is 6.42 Å². The van der Waals surface area contributed by atoms with Gasteiger partial charge in [0.15, 0.2) is 0 Å². The number of carbonyl (C=O) groups is 3. The van der Waals surface area contributed by atoms with E-state index < -0.39 is 39.9 Å². The van der Waals surface area contributed by atoms with E-state index in [9.17, 15) is 22.8 Å². The number of benzene rings is 2. The molecule has 32 heavy (non-hydrogen) atoms. The van der Waals surface area contributed by atoms with Crippen LogP contribution in [0.25, 0.3) is 0 Å². The zero-order chi connectivity index (χ0) is 23.6. The van der Waals surface area contributed by atoms with Crippen LogP contribution in [0.2, 0.25) is 0 Å². The molecule has 2 atom stereocenters. The molecular weight excluding hydrogens is 500 g/mol. The van der Waals surface area contributed by atoms with Gasteiger partial charge in [0.1, 0.15) is 6.04 Å². The summed E-state index contributed by atoms with van der Waals surface area (Å²) in [6.07, 6.45) is 0.194. The summed E-state index contributed by atoms with van der Waals surface area (Å²) in [5.74, 6) is -1.68. The van der Waals surface area contributed by atoms with Crippen LogP contribution in [0.4, 0.5) is 5.69 Å². The molecule has 0 aromatic heterocycles. The van der Waals surface area contributed by atoms with Crippen LogP contribution >= 0.6 is 15.9 Å². The number of esters is 1. The summed E-state index contributed by atoms with van der Waals surface area (Å²) >= 11 is 3.28. The number of rotatable bonds is 7. The summed E-state index contributed by atoms with van der Waals surface area (Å²) in [5.41, 5.74) is 0.534. The third-order valence-corrected chi connectivity index (χ3v) is 7.96. The molecular formula is C22H23BrN2O6S. The lowest BCUT2D eigenvalue weighted by Crippen LogP contribution is -2.49. The number of hydrogen-bond acceptors (Lipinski definition) is 6. The van der Waals surface area contributed by atoms with Gasteiger partial charge in [-0.25, -0.2) is 18.1 Å². The van der Waals surface area contributed by atoms with E-state index in [1.807, 2.05) is 6.92 Å². The van der Waals surface area contributed by atoms with Crippen molar-refractivity contribution in [3.8, 4) is 0 Å². The van der Waals surface area contributed by atoms with Gasteiger partial charge in [0.25, 0.3) is 5.91 Å². The number of nitrogens with zero attached hydrogens (tertiary/aromatic N) is 2. The average Bonchev–Trinajstić information content (AvgIpc) is 3.06. The zero-order valence-electron chi connectivity index (χ0n) is 17.8. The van der Waals surface area contributed by atoms with E-state index in [0.717, 1.165) is 13.7 Å². The van der Waals surface area contributed by atoms with Crippen molar-refractivity contribution in [3.63, 3.8) is 0 Å². The summed E-state index contributed by atoms with van der Waals surface area (Å²) in [6, 6.07) is 10.3. The highest BCUT2D eigenvalue weighted by Gasteiger charge is 2.48. The summed E-state index contributed by atoms with van der Waals surface area (Å²) in [4.78, 5) is 38.7. The minimum Gasteiger partial charge on any atom is -0.465 e. The van der Waals surface area contributed by atoms with Gasteiger partial charge in [-0.3, -0.25) is 9.59 Å². The number of halogens is 1. The SMILES string of the molecule is CCC(C)N(C1CC(=O)N(c2ccc(C(=O)OC)cc2)C1=O)S(=O)(=O)c1ccc(Br)cc1. The first-order valence-corrected chi connectivity index (χ1v) is 12.2. The Balaban J connectivity index is 1.97. The van der Waals surface area contributed by atoms with Gasteiger partial charge in [-0.05, 0) is 61.9 Å². The topological polar surface area (TPSA) is 101 Å². The first kappa shape index (κ1) is 24.1. The first-order valence-electron chi connectivity index (χ1n) is 9.96. The lowest BCUT2D eigenvalue weighted by atomic mass is 10.2. The van der Waals surface area contributed by atoms with Crippen molar-refractivity contribution in [2.75, 3.05) is 12.0 Å². The maximum absolute atomic E-state index is 13.5. The van der Waals surface area contributed by atoms with Crippen molar-refractivity contribution in [2.45, 2.75) is 43.7 Å². The fraction of sp³-hybridized carbons (Fsp3) is 0.318. The summed E-state index contributed by atoms with van der Waals surface area (Å²) in [5, 5.41) is 0. The summed E-state index contributed by atoms with van der Waals surface area (Å²) in [6.45, 7) is 3.53. The van der Waals surface area contributed by atoms with Gasteiger partial charge in [0, 0.05) is 10.5 Å². The number of amides is 2. The number of carbonyl (C=O) groups excluding carboxylic acids is 3. The van der Waals surface area contributed by atoms with Crippen molar-refractivity contribution >= 4 is 49.4 Å². The highest BCUT2D eigenvalue weighted by Crippen LogP contribution is 2.32. The summed E-state index contributed by atoms with van der Waals surface area (Å²) < 4.78 is 33.4. The minimum atomic E-state index is -4.04. The molecule has 3 rings (SSSR count). The molecule has 2 amide bonds. The Bertz CT molecular complexity index is 1130. The van der Waals surface area contributed by atoms with Crippen molar-refractivity contribution in [1.29, 1.82) is 0 Å². The second kappa shape index (κ2) is 9.51. The van der Waals surface area contributed by atoms with Crippen LogP contribution in [0.15, 0.2) is 57.9 Å². The molecule has 1 heterocycles. The van der Waals surface area contributed by atoms with Crippen molar-refractivity contribution < 1.29 is 27.5 Å². The molecule has 0 radical (unpaired) electrons. The maximum Gasteiger partial charge on any atom is 0.337 e. The second-order valence-corrected chi connectivity index (χ2v) is 10.1. The lowest BCUT2D eigenvalue weighted by molar-refractivity contribution is -0.122. The van der Waals surface area contributed by atoms with Gasteiger partial charge in [0.05, 0.1) is 29.7 Å². The van der Waals surface area contributed by atoms with Crippen LogP contribution < -0.4 is 4.90 Å². The Hall–Kier alpha value is -2.56. The van der Waals surface area contributed by atoms with Gasteiger partial charge in [-0.15, -0.1) is 0 Å². The maximum atomic E-state index is 13.5. The minimum absolute atomic E-state index is 0.0436. The average molecular weight is 523 g/mol. The molecule has 8 nitrogen and oxygen atoms in total. The molecule has 2 aromatic carbocycles. The normalized spacial score (nSPS) is 17.7. The highest BCUT2D eigenvalue weighted by molar-refractivity contribution is 9.10. The molecule has 0 bridgehead atoms. The van der Waals surface area contributed by atoms with E-state index in [4.69, 9.17) is 0 Å². The van der Waals surface area contributed by atoms with Crippen LogP contribution in [0.1, 0.15) is 37.0 Å².